The lowest BCUT2D eigenvalue weighted by Crippen LogP contribution is -2.46. The van der Waals surface area contributed by atoms with Crippen LogP contribution in [-0.2, 0) is 4.79 Å². The van der Waals surface area contributed by atoms with Gasteiger partial charge in [-0.2, -0.15) is 0 Å². The Morgan fingerprint density at radius 1 is 1.47 bits per heavy atom. The molecule has 1 rings (SSSR count). The largest absolute Gasteiger partial charge is 0.342 e. The summed E-state index contributed by atoms with van der Waals surface area (Å²) >= 11 is 1.80. The van der Waals surface area contributed by atoms with Crippen molar-refractivity contribution in [2.45, 2.75) is 50.8 Å². The Morgan fingerprint density at radius 2 is 2.12 bits per heavy atom. The zero-order valence-electron chi connectivity index (χ0n) is 11.4. The molecule has 1 amide bonds. The number of piperidine rings is 1. The minimum atomic E-state index is 0.132. The molecule has 17 heavy (non-hydrogen) atoms. The van der Waals surface area contributed by atoms with Crippen LogP contribution in [-0.4, -0.2) is 48.0 Å². The molecular formula is C13H26N2OS. The Hall–Kier alpha value is -0.220. The number of nitrogens with zero attached hydrogens (tertiary/aromatic N) is 1. The van der Waals surface area contributed by atoms with E-state index in [-0.39, 0.29) is 5.25 Å². The summed E-state index contributed by atoms with van der Waals surface area (Å²) in [6, 6.07) is 0.599. The lowest BCUT2D eigenvalue weighted by molar-refractivity contribution is -0.131. The van der Waals surface area contributed by atoms with Crippen molar-refractivity contribution in [1.29, 1.82) is 0 Å². The van der Waals surface area contributed by atoms with Crippen LogP contribution >= 0.6 is 11.8 Å². The van der Waals surface area contributed by atoms with Crippen LogP contribution in [0.25, 0.3) is 0 Å². The first-order valence-corrected chi connectivity index (χ1v) is 7.81. The summed E-state index contributed by atoms with van der Waals surface area (Å²) in [6.45, 7) is 6.08. The summed E-state index contributed by atoms with van der Waals surface area (Å²) in [7, 11) is 2.01. The molecule has 0 radical (unpaired) electrons. The Balaban J connectivity index is 2.27. The van der Waals surface area contributed by atoms with Crippen molar-refractivity contribution in [3.63, 3.8) is 0 Å². The standard InChI is InChI=1S/C13H26N2OS/c1-4-5-10-17-11(2)13(16)15-8-6-12(14-3)7-9-15/h11-12,14H,4-10H2,1-3H3. The number of amides is 1. The van der Waals surface area contributed by atoms with E-state index in [1.165, 1.54) is 12.8 Å². The molecular weight excluding hydrogens is 232 g/mol. The highest BCUT2D eigenvalue weighted by atomic mass is 32.2. The van der Waals surface area contributed by atoms with Gasteiger partial charge in [0, 0.05) is 19.1 Å². The van der Waals surface area contributed by atoms with Crippen molar-refractivity contribution < 1.29 is 4.79 Å². The zero-order chi connectivity index (χ0) is 12.7. The van der Waals surface area contributed by atoms with Gasteiger partial charge < -0.3 is 10.2 Å². The molecule has 0 bridgehead atoms. The molecule has 0 aliphatic carbocycles. The Kier molecular flexibility index (Phi) is 6.97. The molecule has 0 aromatic heterocycles. The minimum absolute atomic E-state index is 0.132. The molecule has 1 atom stereocenters. The maximum atomic E-state index is 12.2. The van der Waals surface area contributed by atoms with Gasteiger partial charge in [-0.1, -0.05) is 13.3 Å². The summed E-state index contributed by atoms with van der Waals surface area (Å²) < 4.78 is 0. The third kappa shape index (κ3) is 4.88. The van der Waals surface area contributed by atoms with Gasteiger partial charge in [0.25, 0.3) is 0 Å². The summed E-state index contributed by atoms with van der Waals surface area (Å²) in [4.78, 5) is 14.2. The molecule has 100 valence electrons. The molecule has 4 heteroatoms. The molecule has 1 N–H and O–H groups in total. The highest BCUT2D eigenvalue weighted by Crippen LogP contribution is 2.18. The average Bonchev–Trinajstić information content (AvgIpc) is 2.38. The highest BCUT2D eigenvalue weighted by Gasteiger charge is 2.25. The Morgan fingerprint density at radius 3 is 2.65 bits per heavy atom. The van der Waals surface area contributed by atoms with Crippen LogP contribution in [0, 0.1) is 0 Å². The van der Waals surface area contributed by atoms with Crippen LogP contribution in [0.15, 0.2) is 0 Å². The van der Waals surface area contributed by atoms with E-state index in [0.29, 0.717) is 11.9 Å². The second-order valence-corrected chi connectivity index (χ2v) is 6.20. The van der Waals surface area contributed by atoms with Gasteiger partial charge in [0.15, 0.2) is 0 Å². The smallest absolute Gasteiger partial charge is 0.235 e. The third-order valence-corrected chi connectivity index (χ3v) is 4.65. The number of carbonyl (C=O) groups excluding carboxylic acids is 1. The number of thioether (sulfide) groups is 1. The number of hydrogen-bond donors (Lipinski definition) is 1. The molecule has 0 saturated carbocycles. The van der Waals surface area contributed by atoms with Gasteiger partial charge in [-0.3, -0.25) is 4.79 Å². The lowest BCUT2D eigenvalue weighted by Gasteiger charge is -2.33. The van der Waals surface area contributed by atoms with E-state index in [1.54, 1.807) is 11.8 Å². The van der Waals surface area contributed by atoms with Crippen LogP contribution < -0.4 is 5.32 Å². The van der Waals surface area contributed by atoms with Crippen LogP contribution in [0.3, 0.4) is 0 Å². The van der Waals surface area contributed by atoms with Crippen molar-refractivity contribution >= 4 is 17.7 Å². The number of nitrogens with one attached hydrogen (secondary N) is 1. The van der Waals surface area contributed by atoms with E-state index in [9.17, 15) is 4.79 Å². The molecule has 1 heterocycles. The number of rotatable bonds is 6. The summed E-state index contributed by atoms with van der Waals surface area (Å²) in [5, 5.41) is 3.42. The van der Waals surface area contributed by atoms with E-state index in [4.69, 9.17) is 0 Å². The number of likely N-dealkylation sites (tertiary alicyclic amines) is 1. The van der Waals surface area contributed by atoms with Gasteiger partial charge in [-0.05, 0) is 39.0 Å². The SMILES string of the molecule is CCCCSC(C)C(=O)N1CCC(NC)CC1. The van der Waals surface area contributed by atoms with E-state index in [0.717, 1.165) is 31.7 Å². The van der Waals surface area contributed by atoms with Crippen molar-refractivity contribution in [3.8, 4) is 0 Å². The van der Waals surface area contributed by atoms with Crippen LogP contribution in [0.4, 0.5) is 0 Å². The van der Waals surface area contributed by atoms with E-state index >= 15 is 0 Å². The first-order valence-electron chi connectivity index (χ1n) is 6.76. The van der Waals surface area contributed by atoms with Gasteiger partial charge in [0.05, 0.1) is 5.25 Å². The fourth-order valence-corrected chi connectivity index (χ4v) is 3.22. The Bertz CT molecular complexity index is 227. The molecule has 0 aromatic carbocycles. The fourth-order valence-electron chi connectivity index (χ4n) is 2.12. The summed E-state index contributed by atoms with van der Waals surface area (Å²) in [5.74, 6) is 1.44. The zero-order valence-corrected chi connectivity index (χ0v) is 12.2. The van der Waals surface area contributed by atoms with Gasteiger partial charge >= 0.3 is 0 Å². The van der Waals surface area contributed by atoms with Gasteiger partial charge in [0.2, 0.25) is 5.91 Å². The van der Waals surface area contributed by atoms with Crippen molar-refractivity contribution in [2.75, 3.05) is 25.9 Å². The van der Waals surface area contributed by atoms with Crippen molar-refractivity contribution in [2.24, 2.45) is 0 Å². The number of carbonyl (C=O) groups is 1. The van der Waals surface area contributed by atoms with Gasteiger partial charge in [0.1, 0.15) is 0 Å². The molecule has 1 fully saturated rings. The van der Waals surface area contributed by atoms with Crippen LogP contribution in [0.1, 0.15) is 39.5 Å². The lowest BCUT2D eigenvalue weighted by atomic mass is 10.1. The molecule has 1 aliphatic rings. The average molecular weight is 258 g/mol. The summed E-state index contributed by atoms with van der Waals surface area (Å²) in [5.41, 5.74) is 0. The quantitative estimate of drug-likeness (QED) is 0.741. The summed E-state index contributed by atoms with van der Waals surface area (Å²) in [6.07, 6.45) is 4.61. The number of unbranched alkanes of at least 4 members (excludes halogenated alkanes) is 1. The molecule has 0 aromatic rings. The topological polar surface area (TPSA) is 32.3 Å². The van der Waals surface area contributed by atoms with E-state index < -0.39 is 0 Å². The van der Waals surface area contributed by atoms with Crippen molar-refractivity contribution in [1.82, 2.24) is 10.2 Å². The first-order chi connectivity index (χ1) is 8.19. The van der Waals surface area contributed by atoms with Crippen LogP contribution in [0.2, 0.25) is 0 Å². The number of hydrogen-bond acceptors (Lipinski definition) is 3. The molecule has 0 spiro atoms. The maximum absolute atomic E-state index is 12.2. The monoisotopic (exact) mass is 258 g/mol. The normalized spacial score (nSPS) is 19.4. The molecule has 3 nitrogen and oxygen atoms in total. The van der Waals surface area contributed by atoms with E-state index in [2.05, 4.69) is 12.2 Å². The van der Waals surface area contributed by atoms with Gasteiger partial charge in [-0.15, -0.1) is 11.8 Å². The van der Waals surface area contributed by atoms with Gasteiger partial charge in [-0.25, -0.2) is 0 Å². The molecule has 1 unspecified atom stereocenters. The maximum Gasteiger partial charge on any atom is 0.235 e. The van der Waals surface area contributed by atoms with Crippen LogP contribution in [0.5, 0.6) is 0 Å². The first kappa shape index (κ1) is 14.8. The van der Waals surface area contributed by atoms with Crippen molar-refractivity contribution in [3.05, 3.63) is 0 Å². The molecule has 1 aliphatic heterocycles. The second-order valence-electron chi connectivity index (χ2n) is 4.75. The second kappa shape index (κ2) is 7.98. The predicted molar refractivity (Wildman–Crippen MR) is 75.5 cm³/mol. The third-order valence-electron chi connectivity index (χ3n) is 3.43. The minimum Gasteiger partial charge on any atom is -0.342 e. The molecule has 1 saturated heterocycles. The Labute approximate surface area is 110 Å². The highest BCUT2D eigenvalue weighted by molar-refractivity contribution is 8.00. The predicted octanol–water partition coefficient (Wildman–Crippen LogP) is 2.12. The fraction of sp³-hybridized carbons (Fsp3) is 0.923. The van der Waals surface area contributed by atoms with E-state index in [1.807, 2.05) is 18.9 Å².